The van der Waals surface area contributed by atoms with Gasteiger partial charge in [0.05, 0.1) is 12.9 Å². The summed E-state index contributed by atoms with van der Waals surface area (Å²) in [6.07, 6.45) is 0. The first-order chi connectivity index (χ1) is 14.0. The van der Waals surface area contributed by atoms with Crippen LogP contribution in [0.25, 0.3) is 17.1 Å². The van der Waals surface area contributed by atoms with Crippen molar-refractivity contribution < 1.29 is 9.26 Å². The molecule has 0 saturated carbocycles. The molecular formula is C21H21N5O2S. The summed E-state index contributed by atoms with van der Waals surface area (Å²) in [5.74, 6) is 3.21. The lowest BCUT2D eigenvalue weighted by atomic mass is 10.1. The highest BCUT2D eigenvalue weighted by molar-refractivity contribution is 7.98. The SMILES string of the molecule is COc1ccc(-c2noc(CSc3nnc(C)n3-c3ccc(C)c(C)c3)n2)cc1. The first kappa shape index (κ1) is 19.2. The molecule has 0 amide bonds. The Morgan fingerprint density at radius 2 is 1.79 bits per heavy atom. The lowest BCUT2D eigenvalue weighted by molar-refractivity contribution is 0.391. The average molecular weight is 407 g/mol. The Hall–Kier alpha value is -3.13. The van der Waals surface area contributed by atoms with Crippen molar-refractivity contribution in [2.45, 2.75) is 31.7 Å². The van der Waals surface area contributed by atoms with Crippen LogP contribution in [0.1, 0.15) is 22.8 Å². The number of aromatic nitrogens is 5. The topological polar surface area (TPSA) is 78.9 Å². The van der Waals surface area contributed by atoms with Crippen molar-refractivity contribution in [1.29, 1.82) is 0 Å². The van der Waals surface area contributed by atoms with Gasteiger partial charge in [-0.3, -0.25) is 4.57 Å². The highest BCUT2D eigenvalue weighted by atomic mass is 32.2. The number of thioether (sulfide) groups is 1. The van der Waals surface area contributed by atoms with Crippen LogP contribution in [0.2, 0.25) is 0 Å². The van der Waals surface area contributed by atoms with E-state index >= 15 is 0 Å². The predicted octanol–water partition coefficient (Wildman–Crippen LogP) is 4.54. The molecule has 2 aromatic heterocycles. The van der Waals surface area contributed by atoms with Crippen LogP contribution < -0.4 is 4.74 Å². The Kier molecular flexibility index (Phi) is 5.35. The van der Waals surface area contributed by atoms with E-state index in [4.69, 9.17) is 9.26 Å². The molecule has 0 unspecified atom stereocenters. The number of ether oxygens (including phenoxy) is 1. The fourth-order valence-corrected chi connectivity index (χ4v) is 3.73. The first-order valence-corrected chi connectivity index (χ1v) is 10.1. The highest BCUT2D eigenvalue weighted by Crippen LogP contribution is 2.27. The van der Waals surface area contributed by atoms with Gasteiger partial charge >= 0.3 is 0 Å². The molecule has 0 saturated heterocycles. The molecule has 4 rings (SSSR count). The fourth-order valence-electron chi connectivity index (χ4n) is 2.90. The summed E-state index contributed by atoms with van der Waals surface area (Å²) < 4.78 is 12.6. The van der Waals surface area contributed by atoms with Gasteiger partial charge in [0.2, 0.25) is 11.7 Å². The maximum atomic E-state index is 5.41. The molecule has 0 aliphatic carbocycles. The third-order valence-electron chi connectivity index (χ3n) is 4.68. The summed E-state index contributed by atoms with van der Waals surface area (Å²) >= 11 is 1.51. The van der Waals surface area contributed by atoms with Gasteiger partial charge in [0, 0.05) is 11.3 Å². The monoisotopic (exact) mass is 407 g/mol. The number of methoxy groups -OCH3 is 1. The Labute approximate surface area is 173 Å². The van der Waals surface area contributed by atoms with Crippen LogP contribution in [0.5, 0.6) is 5.75 Å². The second kappa shape index (κ2) is 8.08. The smallest absolute Gasteiger partial charge is 0.237 e. The van der Waals surface area contributed by atoms with E-state index in [0.29, 0.717) is 17.5 Å². The molecule has 7 nitrogen and oxygen atoms in total. The van der Waals surface area contributed by atoms with E-state index in [9.17, 15) is 0 Å². The molecule has 4 aromatic rings. The van der Waals surface area contributed by atoms with Crippen LogP contribution in [0.15, 0.2) is 52.1 Å². The molecule has 0 bridgehead atoms. The van der Waals surface area contributed by atoms with E-state index in [0.717, 1.165) is 28.0 Å². The van der Waals surface area contributed by atoms with Gasteiger partial charge in [-0.15, -0.1) is 10.2 Å². The summed E-state index contributed by atoms with van der Waals surface area (Å²) in [7, 11) is 1.64. The third kappa shape index (κ3) is 4.02. The average Bonchev–Trinajstić information content (AvgIpc) is 3.35. The first-order valence-electron chi connectivity index (χ1n) is 9.14. The third-order valence-corrected chi connectivity index (χ3v) is 5.60. The minimum absolute atomic E-state index is 0.506. The molecule has 0 N–H and O–H groups in total. The van der Waals surface area contributed by atoms with Crippen molar-refractivity contribution in [1.82, 2.24) is 24.9 Å². The van der Waals surface area contributed by atoms with Gasteiger partial charge < -0.3 is 9.26 Å². The minimum atomic E-state index is 0.506. The van der Waals surface area contributed by atoms with Crippen LogP contribution in [0.4, 0.5) is 0 Å². The summed E-state index contributed by atoms with van der Waals surface area (Å²) in [4.78, 5) is 4.49. The van der Waals surface area contributed by atoms with E-state index in [2.05, 4.69) is 52.4 Å². The normalized spacial score (nSPS) is 11.0. The zero-order valence-corrected chi connectivity index (χ0v) is 17.5. The zero-order chi connectivity index (χ0) is 20.4. The summed E-state index contributed by atoms with van der Waals surface area (Å²) in [5, 5.41) is 13.4. The second-order valence-electron chi connectivity index (χ2n) is 6.66. The van der Waals surface area contributed by atoms with Crippen LogP contribution in [0.3, 0.4) is 0 Å². The number of nitrogens with zero attached hydrogens (tertiary/aromatic N) is 5. The number of hydrogen-bond donors (Lipinski definition) is 0. The second-order valence-corrected chi connectivity index (χ2v) is 7.61. The standard InChI is InChI=1S/C21H21N5O2S/c1-13-5-8-17(11-14(13)2)26-15(3)23-24-21(26)29-12-19-22-20(25-28-19)16-6-9-18(27-4)10-7-16/h5-11H,12H2,1-4H3. The summed E-state index contributed by atoms with van der Waals surface area (Å²) in [5.41, 5.74) is 4.40. The molecule has 8 heteroatoms. The van der Waals surface area contributed by atoms with Gasteiger partial charge in [0.15, 0.2) is 5.16 Å². The molecule has 0 aliphatic heterocycles. The van der Waals surface area contributed by atoms with Gasteiger partial charge in [-0.1, -0.05) is 23.0 Å². The summed E-state index contributed by atoms with van der Waals surface area (Å²) in [6, 6.07) is 13.9. The predicted molar refractivity (Wildman–Crippen MR) is 111 cm³/mol. The maximum absolute atomic E-state index is 5.41. The Morgan fingerprint density at radius 1 is 1.00 bits per heavy atom. The van der Waals surface area contributed by atoms with Crippen LogP contribution in [0, 0.1) is 20.8 Å². The highest BCUT2D eigenvalue weighted by Gasteiger charge is 2.15. The summed E-state index contributed by atoms with van der Waals surface area (Å²) in [6.45, 7) is 6.15. The van der Waals surface area contributed by atoms with Gasteiger partial charge in [-0.25, -0.2) is 0 Å². The van der Waals surface area contributed by atoms with Gasteiger partial charge in [-0.05, 0) is 68.3 Å². The Balaban J connectivity index is 1.51. The zero-order valence-electron chi connectivity index (χ0n) is 16.7. The van der Waals surface area contributed by atoms with Gasteiger partial charge in [-0.2, -0.15) is 4.98 Å². The van der Waals surface area contributed by atoms with E-state index < -0.39 is 0 Å². The van der Waals surface area contributed by atoms with Crippen molar-refractivity contribution in [3.63, 3.8) is 0 Å². The van der Waals surface area contributed by atoms with Crippen molar-refractivity contribution in [2.24, 2.45) is 0 Å². The van der Waals surface area contributed by atoms with E-state index in [1.807, 2.05) is 35.8 Å². The van der Waals surface area contributed by atoms with Crippen molar-refractivity contribution >= 4 is 11.8 Å². The molecule has 0 spiro atoms. The van der Waals surface area contributed by atoms with Gasteiger partial charge in [0.1, 0.15) is 11.6 Å². The molecule has 0 atom stereocenters. The Bertz CT molecular complexity index is 1130. The quantitative estimate of drug-likeness (QED) is 0.434. The van der Waals surface area contributed by atoms with E-state index in [-0.39, 0.29) is 0 Å². The number of hydrogen-bond acceptors (Lipinski definition) is 7. The lowest BCUT2D eigenvalue weighted by Gasteiger charge is -2.10. The van der Waals surface area contributed by atoms with Crippen LogP contribution in [-0.4, -0.2) is 32.0 Å². The molecule has 148 valence electrons. The molecule has 0 radical (unpaired) electrons. The Morgan fingerprint density at radius 3 is 2.52 bits per heavy atom. The lowest BCUT2D eigenvalue weighted by Crippen LogP contribution is -2.00. The number of aryl methyl sites for hydroxylation is 3. The van der Waals surface area contributed by atoms with Crippen LogP contribution >= 0.6 is 11.8 Å². The fraction of sp³-hybridized carbons (Fsp3) is 0.238. The number of benzene rings is 2. The molecule has 29 heavy (non-hydrogen) atoms. The number of rotatable bonds is 6. The largest absolute Gasteiger partial charge is 0.497 e. The minimum Gasteiger partial charge on any atom is -0.497 e. The molecule has 0 aliphatic rings. The van der Waals surface area contributed by atoms with E-state index in [1.54, 1.807) is 7.11 Å². The van der Waals surface area contributed by atoms with E-state index in [1.165, 1.54) is 22.9 Å². The molecule has 2 heterocycles. The van der Waals surface area contributed by atoms with Crippen molar-refractivity contribution in [2.75, 3.05) is 7.11 Å². The molecule has 0 fully saturated rings. The maximum Gasteiger partial charge on any atom is 0.237 e. The molecular weight excluding hydrogens is 386 g/mol. The van der Waals surface area contributed by atoms with Crippen molar-refractivity contribution in [3.8, 4) is 22.8 Å². The van der Waals surface area contributed by atoms with Crippen LogP contribution in [-0.2, 0) is 5.75 Å². The molecule has 2 aromatic carbocycles. The van der Waals surface area contributed by atoms with Crippen molar-refractivity contribution in [3.05, 3.63) is 65.3 Å². The van der Waals surface area contributed by atoms with Gasteiger partial charge in [0.25, 0.3) is 0 Å².